The maximum Gasteiger partial charge on any atom is 0.246 e. The van der Waals surface area contributed by atoms with Gasteiger partial charge in [-0.2, -0.15) is 0 Å². The summed E-state index contributed by atoms with van der Waals surface area (Å²) >= 11 is 0. The average molecular weight is 393 g/mol. The molecule has 5 heteroatoms. The Morgan fingerprint density at radius 2 is 1.90 bits per heavy atom. The molecule has 0 bridgehead atoms. The van der Waals surface area contributed by atoms with E-state index in [0.29, 0.717) is 26.3 Å². The van der Waals surface area contributed by atoms with Crippen LogP contribution in [0.4, 0.5) is 0 Å². The maximum atomic E-state index is 12.5. The summed E-state index contributed by atoms with van der Waals surface area (Å²) in [5.41, 5.74) is 3.16. The normalized spacial score (nSPS) is 20.0. The van der Waals surface area contributed by atoms with Crippen molar-refractivity contribution in [2.45, 2.75) is 32.5 Å². The molecule has 152 valence electrons. The number of carbonyl (C=O) groups excluding carboxylic acids is 1. The number of rotatable bonds is 5. The van der Waals surface area contributed by atoms with Crippen LogP contribution in [0, 0.1) is 0 Å². The van der Waals surface area contributed by atoms with Gasteiger partial charge in [0.25, 0.3) is 0 Å². The van der Waals surface area contributed by atoms with Crippen molar-refractivity contribution in [3.63, 3.8) is 0 Å². The van der Waals surface area contributed by atoms with E-state index >= 15 is 0 Å². The van der Waals surface area contributed by atoms with Crippen molar-refractivity contribution < 1.29 is 19.0 Å². The predicted molar refractivity (Wildman–Crippen MR) is 111 cm³/mol. The molecule has 29 heavy (non-hydrogen) atoms. The highest BCUT2D eigenvalue weighted by atomic mass is 16.5. The molecule has 2 heterocycles. The van der Waals surface area contributed by atoms with Crippen LogP contribution in [0.25, 0.3) is 0 Å². The van der Waals surface area contributed by atoms with E-state index in [1.165, 1.54) is 0 Å². The molecular weight excluding hydrogens is 366 g/mol. The molecule has 0 aliphatic carbocycles. The summed E-state index contributed by atoms with van der Waals surface area (Å²) in [7, 11) is 0. The highest BCUT2D eigenvalue weighted by Crippen LogP contribution is 2.41. The standard InChI is InChI=1S/C24H27NO4/c1-17(15-23(26)25-11-13-27-14-12-25)22-16-20-9-6-10-21(24(20)29-22)28-18(2)19-7-4-3-5-8-19/h3-10,15,18,22H,11-14,16H2,1-2H3/b17-15-. The van der Waals surface area contributed by atoms with E-state index < -0.39 is 0 Å². The molecule has 0 spiro atoms. The van der Waals surface area contributed by atoms with Crippen LogP contribution in [-0.2, 0) is 16.0 Å². The molecule has 1 saturated heterocycles. The minimum absolute atomic E-state index is 0.0273. The first-order chi connectivity index (χ1) is 14.1. The zero-order chi connectivity index (χ0) is 20.2. The Labute approximate surface area is 171 Å². The van der Waals surface area contributed by atoms with E-state index in [0.717, 1.165) is 34.6 Å². The van der Waals surface area contributed by atoms with E-state index in [2.05, 4.69) is 18.2 Å². The Morgan fingerprint density at radius 1 is 1.14 bits per heavy atom. The highest BCUT2D eigenvalue weighted by molar-refractivity contribution is 5.88. The molecule has 0 aromatic heterocycles. The third-order valence-corrected chi connectivity index (χ3v) is 5.48. The molecule has 5 nitrogen and oxygen atoms in total. The van der Waals surface area contributed by atoms with Crippen molar-refractivity contribution in [2.75, 3.05) is 26.3 Å². The smallest absolute Gasteiger partial charge is 0.246 e. The Balaban J connectivity index is 1.46. The van der Waals surface area contributed by atoms with Gasteiger partial charge in [-0.1, -0.05) is 42.5 Å². The van der Waals surface area contributed by atoms with Crippen LogP contribution in [0.1, 0.15) is 31.1 Å². The van der Waals surface area contributed by atoms with E-state index in [1.807, 2.05) is 49.1 Å². The van der Waals surface area contributed by atoms with Crippen LogP contribution in [-0.4, -0.2) is 43.2 Å². The molecule has 2 aliphatic rings. The topological polar surface area (TPSA) is 48.0 Å². The molecule has 1 amide bonds. The van der Waals surface area contributed by atoms with Gasteiger partial charge < -0.3 is 19.1 Å². The molecule has 2 unspecified atom stereocenters. The third-order valence-electron chi connectivity index (χ3n) is 5.48. The van der Waals surface area contributed by atoms with Crippen LogP contribution in [0.2, 0.25) is 0 Å². The molecule has 0 saturated carbocycles. The van der Waals surface area contributed by atoms with Gasteiger partial charge in [-0.05, 0) is 31.1 Å². The Hall–Kier alpha value is -2.79. The van der Waals surface area contributed by atoms with Crippen LogP contribution in [0.5, 0.6) is 11.5 Å². The predicted octanol–water partition coefficient (Wildman–Crippen LogP) is 3.94. The summed E-state index contributed by atoms with van der Waals surface area (Å²) in [6.07, 6.45) is 2.22. The number of fused-ring (bicyclic) bond motifs is 1. The van der Waals surface area contributed by atoms with E-state index in [1.54, 1.807) is 6.08 Å². The molecule has 4 rings (SSSR count). The van der Waals surface area contributed by atoms with Crippen molar-refractivity contribution in [2.24, 2.45) is 0 Å². The summed E-state index contributed by atoms with van der Waals surface area (Å²) in [6, 6.07) is 16.1. The summed E-state index contributed by atoms with van der Waals surface area (Å²) < 4.78 is 17.8. The number of nitrogens with zero attached hydrogens (tertiary/aromatic N) is 1. The first-order valence-electron chi connectivity index (χ1n) is 10.2. The molecule has 1 fully saturated rings. The second-order valence-corrected chi connectivity index (χ2v) is 7.55. The molecular formula is C24H27NO4. The third kappa shape index (κ3) is 4.46. The molecule has 0 N–H and O–H groups in total. The van der Waals surface area contributed by atoms with Crippen LogP contribution < -0.4 is 9.47 Å². The number of hydrogen-bond acceptors (Lipinski definition) is 4. The molecule has 2 aromatic rings. The Bertz CT molecular complexity index is 887. The molecule has 2 aromatic carbocycles. The zero-order valence-electron chi connectivity index (χ0n) is 17.0. The fraction of sp³-hybridized carbons (Fsp3) is 0.375. The van der Waals surface area contributed by atoms with E-state index in [4.69, 9.17) is 14.2 Å². The van der Waals surface area contributed by atoms with Gasteiger partial charge >= 0.3 is 0 Å². The number of morpholine rings is 1. The number of para-hydroxylation sites is 1. The summed E-state index contributed by atoms with van der Waals surface area (Å²) in [5, 5.41) is 0. The van der Waals surface area contributed by atoms with Gasteiger partial charge in [-0.15, -0.1) is 0 Å². The summed E-state index contributed by atoms with van der Waals surface area (Å²) in [6.45, 7) is 6.48. The van der Waals surface area contributed by atoms with Crippen LogP contribution >= 0.6 is 0 Å². The van der Waals surface area contributed by atoms with Gasteiger partial charge in [-0.3, -0.25) is 4.79 Å². The summed E-state index contributed by atoms with van der Waals surface area (Å²) in [5.74, 6) is 1.56. The van der Waals surface area contributed by atoms with E-state index in [-0.39, 0.29) is 18.1 Å². The second-order valence-electron chi connectivity index (χ2n) is 7.55. The van der Waals surface area contributed by atoms with Gasteiger partial charge in [0.1, 0.15) is 12.2 Å². The first kappa shape index (κ1) is 19.5. The zero-order valence-corrected chi connectivity index (χ0v) is 17.0. The highest BCUT2D eigenvalue weighted by Gasteiger charge is 2.28. The van der Waals surface area contributed by atoms with E-state index in [9.17, 15) is 4.79 Å². The lowest BCUT2D eigenvalue weighted by Crippen LogP contribution is -2.40. The number of benzene rings is 2. The van der Waals surface area contributed by atoms with Crippen molar-refractivity contribution in [1.29, 1.82) is 0 Å². The van der Waals surface area contributed by atoms with Gasteiger partial charge in [0.05, 0.1) is 13.2 Å². The average Bonchev–Trinajstić information content (AvgIpc) is 3.20. The fourth-order valence-electron chi connectivity index (χ4n) is 3.73. The minimum Gasteiger partial charge on any atom is -0.482 e. The second kappa shape index (κ2) is 8.70. The van der Waals surface area contributed by atoms with Crippen LogP contribution in [0.15, 0.2) is 60.2 Å². The van der Waals surface area contributed by atoms with Gasteiger partial charge in [0.2, 0.25) is 5.91 Å². The summed E-state index contributed by atoms with van der Waals surface area (Å²) in [4.78, 5) is 14.3. The fourth-order valence-corrected chi connectivity index (χ4v) is 3.73. The van der Waals surface area contributed by atoms with Gasteiger partial charge in [-0.25, -0.2) is 0 Å². The quantitative estimate of drug-likeness (QED) is 0.722. The molecule has 2 atom stereocenters. The van der Waals surface area contributed by atoms with Crippen molar-refractivity contribution >= 4 is 5.91 Å². The largest absolute Gasteiger partial charge is 0.482 e. The Morgan fingerprint density at radius 3 is 2.66 bits per heavy atom. The lowest BCUT2D eigenvalue weighted by atomic mass is 10.0. The number of hydrogen-bond donors (Lipinski definition) is 0. The SMILES string of the molecule is C/C(=C/C(=O)N1CCOCC1)C1Cc2cccc(OC(C)c3ccccc3)c2O1. The molecule has 0 radical (unpaired) electrons. The van der Waals surface area contributed by atoms with Gasteiger partial charge in [0, 0.05) is 31.1 Å². The van der Waals surface area contributed by atoms with Crippen molar-refractivity contribution in [3.8, 4) is 11.5 Å². The van der Waals surface area contributed by atoms with Crippen molar-refractivity contribution in [1.82, 2.24) is 4.90 Å². The maximum absolute atomic E-state index is 12.5. The number of carbonyl (C=O) groups is 1. The number of ether oxygens (including phenoxy) is 3. The first-order valence-corrected chi connectivity index (χ1v) is 10.2. The Kier molecular flexibility index (Phi) is 5.86. The molecule has 2 aliphatic heterocycles. The van der Waals surface area contributed by atoms with Gasteiger partial charge in [0.15, 0.2) is 11.5 Å². The number of amides is 1. The lowest BCUT2D eigenvalue weighted by Gasteiger charge is -2.26. The minimum atomic E-state index is -0.147. The van der Waals surface area contributed by atoms with Crippen molar-refractivity contribution in [3.05, 3.63) is 71.3 Å². The monoisotopic (exact) mass is 393 g/mol. The lowest BCUT2D eigenvalue weighted by molar-refractivity contribution is -0.130. The van der Waals surface area contributed by atoms with Crippen LogP contribution in [0.3, 0.4) is 0 Å².